The van der Waals surface area contributed by atoms with Crippen LogP contribution in [-0.2, 0) is 0 Å². The minimum Gasteiger partial charge on any atom is -0.347 e. The molecule has 0 bridgehead atoms. The smallest absolute Gasteiger partial charge is 0.263 e. The van der Waals surface area contributed by atoms with Crippen LogP contribution in [0.4, 0.5) is 5.69 Å². The Bertz CT molecular complexity index is 1200. The van der Waals surface area contributed by atoms with E-state index in [2.05, 4.69) is 16.0 Å². The fourth-order valence-electron chi connectivity index (χ4n) is 2.73. The Hall–Kier alpha value is -1.90. The first-order valence-corrected chi connectivity index (χ1v) is 11.4. The van der Waals surface area contributed by atoms with Gasteiger partial charge in [-0.05, 0) is 57.3 Å². The van der Waals surface area contributed by atoms with Gasteiger partial charge in [-0.15, -0.1) is 11.3 Å². The van der Waals surface area contributed by atoms with Crippen molar-refractivity contribution in [1.29, 1.82) is 0 Å². The van der Waals surface area contributed by atoms with Crippen LogP contribution in [0.2, 0.25) is 15.1 Å². The lowest BCUT2D eigenvalue weighted by molar-refractivity contribution is 0.0922. The Kier molecular flexibility index (Phi) is 7.13. The van der Waals surface area contributed by atoms with E-state index in [1.165, 1.54) is 23.5 Å². The van der Waals surface area contributed by atoms with Gasteiger partial charge in [-0.25, -0.2) is 0 Å². The third-order valence-electron chi connectivity index (χ3n) is 4.00. The number of carbonyl (C=O) groups is 2. The van der Waals surface area contributed by atoms with Crippen molar-refractivity contribution in [1.82, 2.24) is 10.6 Å². The van der Waals surface area contributed by atoms with Crippen molar-refractivity contribution in [3.63, 3.8) is 0 Å². The molecule has 0 aliphatic rings. The molecule has 0 aliphatic heterocycles. The normalized spacial score (nSPS) is 11.3. The number of hydrogen-bond donors (Lipinski definition) is 3. The van der Waals surface area contributed by atoms with Gasteiger partial charge in [-0.1, -0.05) is 46.9 Å². The van der Waals surface area contributed by atoms with E-state index >= 15 is 0 Å². The quantitative estimate of drug-likeness (QED) is 0.348. The first-order chi connectivity index (χ1) is 14.5. The first-order valence-electron chi connectivity index (χ1n) is 9.07. The van der Waals surface area contributed by atoms with Gasteiger partial charge in [0.05, 0.1) is 26.0 Å². The fraction of sp³-hybridized carbons (Fsp3) is 0.190. The van der Waals surface area contributed by atoms with E-state index < -0.39 is 11.4 Å². The summed E-state index contributed by atoms with van der Waals surface area (Å²) in [6, 6.07) is 9.97. The molecule has 2 aromatic carbocycles. The number of hydrogen-bond acceptors (Lipinski definition) is 4. The predicted octanol–water partition coefficient (Wildman–Crippen LogP) is 6.52. The molecule has 5 nitrogen and oxygen atoms in total. The van der Waals surface area contributed by atoms with Crippen molar-refractivity contribution in [2.45, 2.75) is 26.3 Å². The molecule has 0 fully saturated rings. The third-order valence-corrected chi connectivity index (χ3v) is 6.51. The number of thiophene rings is 1. The van der Waals surface area contributed by atoms with Crippen LogP contribution in [0.5, 0.6) is 0 Å². The largest absolute Gasteiger partial charge is 0.347 e. The van der Waals surface area contributed by atoms with E-state index in [0.29, 0.717) is 26.0 Å². The monoisotopic (exact) mass is 513 g/mol. The van der Waals surface area contributed by atoms with Crippen LogP contribution in [0.3, 0.4) is 0 Å². The molecule has 3 rings (SSSR count). The molecule has 0 saturated heterocycles. The highest BCUT2D eigenvalue weighted by atomic mass is 35.5. The number of thiocarbonyl (C=S) groups is 1. The predicted molar refractivity (Wildman–Crippen MR) is 134 cm³/mol. The van der Waals surface area contributed by atoms with Gasteiger partial charge >= 0.3 is 0 Å². The average molecular weight is 515 g/mol. The van der Waals surface area contributed by atoms with E-state index in [1.54, 1.807) is 18.2 Å². The third kappa shape index (κ3) is 5.67. The summed E-state index contributed by atoms with van der Waals surface area (Å²) in [5, 5.41) is 10.3. The maximum absolute atomic E-state index is 12.6. The van der Waals surface area contributed by atoms with Crippen molar-refractivity contribution in [3.8, 4) is 0 Å². The van der Waals surface area contributed by atoms with E-state index in [0.717, 1.165) is 4.70 Å². The highest BCUT2D eigenvalue weighted by Gasteiger charge is 2.23. The maximum atomic E-state index is 12.6. The second kappa shape index (κ2) is 9.30. The molecule has 0 aliphatic carbocycles. The summed E-state index contributed by atoms with van der Waals surface area (Å²) < 4.78 is 0.740. The van der Waals surface area contributed by atoms with Gasteiger partial charge in [0.25, 0.3) is 11.8 Å². The zero-order valence-electron chi connectivity index (χ0n) is 16.7. The molecule has 10 heteroatoms. The van der Waals surface area contributed by atoms with Gasteiger partial charge in [-0.2, -0.15) is 0 Å². The molecule has 0 radical (unpaired) electrons. The summed E-state index contributed by atoms with van der Waals surface area (Å²) in [6.45, 7) is 5.69. The standard InChI is InChI=1S/C21H18Cl3N3O2S2/c1-21(2,3)27-19(29)17-15(24)11-5-4-6-14(16(11)31-17)25-20(30)26-18(28)12-9-10(22)7-8-13(12)23/h4-9H,1-3H3,(H,27,29)(H2,25,26,28,30). The van der Waals surface area contributed by atoms with Crippen LogP contribution < -0.4 is 16.0 Å². The van der Waals surface area contributed by atoms with Gasteiger partial charge in [0.15, 0.2) is 5.11 Å². The van der Waals surface area contributed by atoms with E-state index in [4.69, 9.17) is 47.0 Å². The number of rotatable bonds is 3. The second-order valence-corrected chi connectivity index (χ2v) is 10.3. The Morgan fingerprint density at radius 1 is 1.03 bits per heavy atom. The molecule has 0 atom stereocenters. The van der Waals surface area contributed by atoms with Crippen LogP contribution in [-0.4, -0.2) is 22.5 Å². The first kappa shape index (κ1) is 23.8. The van der Waals surface area contributed by atoms with E-state index in [-0.39, 0.29) is 21.6 Å². The molecule has 162 valence electrons. The van der Waals surface area contributed by atoms with Crippen molar-refractivity contribution in [3.05, 3.63) is 61.9 Å². The lowest BCUT2D eigenvalue weighted by Crippen LogP contribution is -2.40. The maximum Gasteiger partial charge on any atom is 0.263 e. The van der Waals surface area contributed by atoms with Gasteiger partial charge in [-0.3, -0.25) is 14.9 Å². The summed E-state index contributed by atoms with van der Waals surface area (Å²) in [6.07, 6.45) is 0. The molecule has 3 N–H and O–H groups in total. The van der Waals surface area contributed by atoms with Crippen molar-refractivity contribution in [2.24, 2.45) is 0 Å². The van der Waals surface area contributed by atoms with Gasteiger partial charge < -0.3 is 10.6 Å². The number of anilines is 1. The SMILES string of the molecule is CC(C)(C)NC(=O)c1sc2c(NC(=S)NC(=O)c3cc(Cl)ccc3Cl)cccc2c1Cl. The zero-order valence-corrected chi connectivity index (χ0v) is 20.6. The van der Waals surface area contributed by atoms with Crippen LogP contribution >= 0.6 is 58.4 Å². The molecule has 0 saturated carbocycles. The van der Waals surface area contributed by atoms with E-state index in [9.17, 15) is 9.59 Å². The number of amides is 2. The van der Waals surface area contributed by atoms with Crippen molar-refractivity contribution >= 4 is 91.1 Å². The zero-order chi connectivity index (χ0) is 22.9. The lowest BCUT2D eigenvalue weighted by atomic mass is 10.1. The number of fused-ring (bicyclic) bond motifs is 1. The lowest BCUT2D eigenvalue weighted by Gasteiger charge is -2.19. The number of carbonyl (C=O) groups excluding carboxylic acids is 2. The summed E-state index contributed by atoms with van der Waals surface area (Å²) in [5.74, 6) is -0.747. The van der Waals surface area contributed by atoms with Crippen LogP contribution in [0, 0.1) is 0 Å². The molecule has 1 heterocycles. The molecule has 1 aromatic heterocycles. The Morgan fingerprint density at radius 3 is 2.42 bits per heavy atom. The summed E-state index contributed by atoms with van der Waals surface area (Å²) >= 11 is 25.0. The summed E-state index contributed by atoms with van der Waals surface area (Å²) in [7, 11) is 0. The fourth-order valence-corrected chi connectivity index (χ4v) is 4.78. The Labute approximate surface area is 204 Å². The molecule has 31 heavy (non-hydrogen) atoms. The molecular weight excluding hydrogens is 497 g/mol. The Balaban J connectivity index is 1.84. The average Bonchev–Trinajstić information content (AvgIpc) is 3.00. The molecule has 0 spiro atoms. The summed E-state index contributed by atoms with van der Waals surface area (Å²) in [4.78, 5) is 25.5. The molecule has 2 amide bonds. The highest BCUT2D eigenvalue weighted by Crippen LogP contribution is 2.39. The number of nitrogens with one attached hydrogen (secondary N) is 3. The van der Waals surface area contributed by atoms with Gasteiger partial charge in [0, 0.05) is 15.9 Å². The van der Waals surface area contributed by atoms with Crippen molar-refractivity contribution in [2.75, 3.05) is 5.32 Å². The van der Waals surface area contributed by atoms with Gasteiger partial charge in [0.2, 0.25) is 0 Å². The topological polar surface area (TPSA) is 70.2 Å². The van der Waals surface area contributed by atoms with E-state index in [1.807, 2.05) is 26.8 Å². The molecule has 0 unspecified atom stereocenters. The molecule has 3 aromatic rings. The van der Waals surface area contributed by atoms with Crippen LogP contribution in [0.1, 0.15) is 40.8 Å². The number of halogens is 3. The highest BCUT2D eigenvalue weighted by molar-refractivity contribution is 7.80. The van der Waals surface area contributed by atoms with Gasteiger partial charge in [0.1, 0.15) is 4.88 Å². The number of benzene rings is 2. The minimum absolute atomic E-state index is 0.0683. The van der Waals surface area contributed by atoms with Crippen LogP contribution in [0.25, 0.3) is 10.1 Å². The Morgan fingerprint density at radius 2 is 1.74 bits per heavy atom. The van der Waals surface area contributed by atoms with Crippen molar-refractivity contribution < 1.29 is 9.59 Å². The minimum atomic E-state index is -0.494. The van der Waals surface area contributed by atoms with Crippen LogP contribution in [0.15, 0.2) is 36.4 Å². The second-order valence-electron chi connectivity index (χ2n) is 7.66. The summed E-state index contributed by atoms with van der Waals surface area (Å²) in [5.41, 5.74) is 0.420. The molecular formula is C21H18Cl3N3O2S2.